The lowest BCUT2D eigenvalue weighted by molar-refractivity contribution is 1.18. The Kier molecular flexibility index (Phi) is 3.25. The van der Waals surface area contributed by atoms with Crippen molar-refractivity contribution in [3.63, 3.8) is 0 Å². The van der Waals surface area contributed by atoms with Gasteiger partial charge in [0.25, 0.3) is 0 Å². The van der Waals surface area contributed by atoms with Gasteiger partial charge in [0.15, 0.2) is 0 Å². The zero-order valence-electron chi connectivity index (χ0n) is 11.9. The van der Waals surface area contributed by atoms with E-state index in [1.54, 1.807) is 24.5 Å². The number of anilines is 1. The Morgan fingerprint density at radius 1 is 0.905 bits per heavy atom. The van der Waals surface area contributed by atoms with E-state index in [1.807, 2.05) is 26.1 Å². The van der Waals surface area contributed by atoms with Crippen LogP contribution in [0.25, 0.3) is 10.8 Å². The number of nitrogen functional groups attached to an aromatic ring is 1. The van der Waals surface area contributed by atoms with Crippen LogP contribution in [0.1, 0.15) is 22.6 Å². The van der Waals surface area contributed by atoms with Crippen molar-refractivity contribution < 1.29 is 0 Å². The Hall–Kier alpha value is -2.93. The Morgan fingerprint density at radius 3 is 2.52 bits per heavy atom. The predicted octanol–water partition coefficient (Wildman–Crippen LogP) is 2.62. The smallest absolute Gasteiger partial charge is 0.113 e. The van der Waals surface area contributed by atoms with Gasteiger partial charge in [0.2, 0.25) is 0 Å². The average molecular weight is 274 g/mol. The molecular formula is C17H14N4. The molecule has 3 aromatic rings. The summed E-state index contributed by atoms with van der Waals surface area (Å²) >= 11 is 0. The summed E-state index contributed by atoms with van der Waals surface area (Å²) in [6, 6.07) is 5.62. The Bertz CT molecular complexity index is 871. The van der Waals surface area contributed by atoms with Gasteiger partial charge in [0.05, 0.1) is 17.4 Å². The van der Waals surface area contributed by atoms with Crippen LogP contribution in [0.2, 0.25) is 0 Å². The van der Waals surface area contributed by atoms with E-state index in [2.05, 4.69) is 26.8 Å². The lowest BCUT2D eigenvalue weighted by atomic mass is 10.1. The van der Waals surface area contributed by atoms with E-state index in [1.165, 1.54) is 0 Å². The fourth-order valence-electron chi connectivity index (χ4n) is 2.08. The van der Waals surface area contributed by atoms with Gasteiger partial charge in [-0.25, -0.2) is 4.98 Å². The van der Waals surface area contributed by atoms with Gasteiger partial charge in [-0.05, 0) is 38.0 Å². The number of hydrogen-bond acceptors (Lipinski definition) is 4. The summed E-state index contributed by atoms with van der Waals surface area (Å²) in [6.07, 6.45) is 5.24. The number of rotatable bonds is 0. The van der Waals surface area contributed by atoms with Crippen LogP contribution in [0.4, 0.5) is 5.69 Å². The zero-order chi connectivity index (χ0) is 14.8. The van der Waals surface area contributed by atoms with Crippen molar-refractivity contribution in [2.75, 3.05) is 5.73 Å². The minimum absolute atomic E-state index is 0.629. The number of fused-ring (bicyclic) bond motifs is 1. The minimum atomic E-state index is 0.629. The van der Waals surface area contributed by atoms with E-state index in [0.717, 1.165) is 27.7 Å². The largest absolute Gasteiger partial charge is 0.397 e. The molecular weight excluding hydrogens is 260 g/mol. The maximum absolute atomic E-state index is 5.61. The first-order chi connectivity index (χ1) is 10.1. The molecule has 3 heterocycles. The van der Waals surface area contributed by atoms with Crippen LogP contribution in [0, 0.1) is 25.7 Å². The van der Waals surface area contributed by atoms with Crippen LogP contribution >= 0.6 is 0 Å². The molecule has 0 radical (unpaired) electrons. The molecule has 102 valence electrons. The predicted molar refractivity (Wildman–Crippen MR) is 83.6 cm³/mol. The van der Waals surface area contributed by atoms with Crippen LogP contribution in [-0.4, -0.2) is 15.0 Å². The van der Waals surface area contributed by atoms with Crippen LogP contribution in [0.5, 0.6) is 0 Å². The van der Waals surface area contributed by atoms with Gasteiger partial charge in [0.1, 0.15) is 5.69 Å². The molecule has 0 aliphatic heterocycles. The summed E-state index contributed by atoms with van der Waals surface area (Å²) < 4.78 is 0. The average Bonchev–Trinajstić information content (AvgIpc) is 2.48. The van der Waals surface area contributed by atoms with Crippen LogP contribution in [0.3, 0.4) is 0 Å². The van der Waals surface area contributed by atoms with Crippen molar-refractivity contribution in [2.24, 2.45) is 0 Å². The van der Waals surface area contributed by atoms with Gasteiger partial charge in [-0.15, -0.1) is 0 Å². The molecule has 0 atom stereocenters. The third-order valence-corrected chi connectivity index (χ3v) is 3.22. The molecule has 0 aliphatic carbocycles. The first kappa shape index (κ1) is 13.1. The van der Waals surface area contributed by atoms with E-state index >= 15 is 0 Å². The molecule has 0 aromatic carbocycles. The summed E-state index contributed by atoms with van der Waals surface area (Å²) in [6.45, 7) is 3.94. The molecule has 4 heteroatoms. The Morgan fingerprint density at radius 2 is 1.76 bits per heavy atom. The van der Waals surface area contributed by atoms with Gasteiger partial charge >= 0.3 is 0 Å². The third-order valence-electron chi connectivity index (χ3n) is 3.22. The number of pyridine rings is 3. The van der Waals surface area contributed by atoms with Crippen LogP contribution in [-0.2, 0) is 0 Å². The van der Waals surface area contributed by atoms with Gasteiger partial charge < -0.3 is 5.73 Å². The molecule has 0 saturated carbocycles. The molecule has 0 fully saturated rings. The highest BCUT2D eigenvalue weighted by Gasteiger charge is 2.04. The molecule has 0 spiro atoms. The molecule has 0 bridgehead atoms. The number of nitrogens with zero attached hydrogens (tertiary/aromatic N) is 3. The van der Waals surface area contributed by atoms with Crippen molar-refractivity contribution >= 4 is 16.5 Å². The number of aryl methyl sites for hydroxylation is 2. The Balaban J connectivity index is 2.11. The molecule has 0 aliphatic rings. The summed E-state index contributed by atoms with van der Waals surface area (Å²) in [5, 5.41) is 2.09. The summed E-state index contributed by atoms with van der Waals surface area (Å²) in [5.74, 6) is 6.18. The normalized spacial score (nSPS) is 10.2. The lowest BCUT2D eigenvalue weighted by Gasteiger charge is -2.04. The summed E-state index contributed by atoms with van der Waals surface area (Å²) in [4.78, 5) is 12.9. The summed E-state index contributed by atoms with van der Waals surface area (Å²) in [7, 11) is 0. The topological polar surface area (TPSA) is 64.7 Å². The van der Waals surface area contributed by atoms with E-state index < -0.39 is 0 Å². The maximum atomic E-state index is 5.61. The maximum Gasteiger partial charge on any atom is 0.113 e. The standard InChI is InChI=1S/C17H14N4/c1-11-7-16-13(8-20-12(2)17(16)10-19-11)3-5-15-6-4-14(18)9-21-15/h4,6-10H,18H2,1-2H3. The second kappa shape index (κ2) is 5.22. The van der Waals surface area contributed by atoms with Crippen molar-refractivity contribution in [3.8, 4) is 11.8 Å². The zero-order valence-corrected chi connectivity index (χ0v) is 11.9. The van der Waals surface area contributed by atoms with E-state index in [4.69, 9.17) is 5.73 Å². The number of hydrogen-bond donors (Lipinski definition) is 1. The first-order valence-electron chi connectivity index (χ1n) is 6.59. The highest BCUT2D eigenvalue weighted by molar-refractivity contribution is 5.89. The van der Waals surface area contributed by atoms with Gasteiger partial charge in [-0.3, -0.25) is 9.97 Å². The van der Waals surface area contributed by atoms with Crippen molar-refractivity contribution in [2.45, 2.75) is 13.8 Å². The molecule has 3 rings (SSSR count). The summed E-state index contributed by atoms with van der Waals surface area (Å²) in [5.41, 5.74) is 9.71. The third kappa shape index (κ3) is 2.67. The molecule has 21 heavy (non-hydrogen) atoms. The second-order valence-corrected chi connectivity index (χ2v) is 4.86. The molecule has 0 unspecified atom stereocenters. The molecule has 0 amide bonds. The number of nitrogens with two attached hydrogens (primary N) is 1. The molecule has 2 N–H and O–H groups in total. The van der Waals surface area contributed by atoms with Gasteiger partial charge in [-0.2, -0.15) is 0 Å². The van der Waals surface area contributed by atoms with Crippen LogP contribution < -0.4 is 5.73 Å². The lowest BCUT2D eigenvalue weighted by Crippen LogP contribution is -1.92. The second-order valence-electron chi connectivity index (χ2n) is 4.86. The minimum Gasteiger partial charge on any atom is -0.397 e. The van der Waals surface area contributed by atoms with Gasteiger partial charge in [-0.1, -0.05) is 5.92 Å². The molecule has 3 aromatic heterocycles. The van der Waals surface area contributed by atoms with Crippen molar-refractivity contribution in [1.82, 2.24) is 15.0 Å². The monoisotopic (exact) mass is 274 g/mol. The molecule has 4 nitrogen and oxygen atoms in total. The van der Waals surface area contributed by atoms with E-state index in [0.29, 0.717) is 11.4 Å². The highest BCUT2D eigenvalue weighted by Crippen LogP contribution is 2.20. The fourth-order valence-corrected chi connectivity index (χ4v) is 2.08. The highest BCUT2D eigenvalue weighted by atomic mass is 14.7. The van der Waals surface area contributed by atoms with Crippen molar-refractivity contribution in [1.29, 1.82) is 0 Å². The van der Waals surface area contributed by atoms with Crippen LogP contribution in [0.15, 0.2) is 36.8 Å². The SMILES string of the molecule is Cc1cc2c(C#Cc3ccc(N)cn3)cnc(C)c2cn1. The van der Waals surface area contributed by atoms with Gasteiger partial charge in [0, 0.05) is 34.6 Å². The van der Waals surface area contributed by atoms with E-state index in [9.17, 15) is 0 Å². The molecule has 0 saturated heterocycles. The first-order valence-corrected chi connectivity index (χ1v) is 6.59. The Labute approximate surface area is 123 Å². The van der Waals surface area contributed by atoms with Crippen molar-refractivity contribution in [3.05, 3.63) is 59.4 Å². The quantitative estimate of drug-likeness (QED) is 0.640. The van der Waals surface area contributed by atoms with E-state index in [-0.39, 0.29) is 0 Å². The fraction of sp³-hybridized carbons (Fsp3) is 0.118. The number of aromatic nitrogens is 3.